The van der Waals surface area contributed by atoms with Gasteiger partial charge in [0.2, 0.25) is 0 Å². The molecule has 170 valence electrons. The van der Waals surface area contributed by atoms with E-state index in [9.17, 15) is 0 Å². The molecule has 0 amide bonds. The molecule has 1 aliphatic heterocycles. The number of piperazine rings is 1. The van der Waals surface area contributed by atoms with Crippen LogP contribution in [0.5, 0.6) is 0 Å². The van der Waals surface area contributed by atoms with Gasteiger partial charge in [0, 0.05) is 72.5 Å². The van der Waals surface area contributed by atoms with Crippen LogP contribution in [0.15, 0.2) is 35.6 Å². The molecule has 31 heavy (non-hydrogen) atoms. The van der Waals surface area contributed by atoms with E-state index in [1.54, 1.807) is 13.4 Å². The van der Waals surface area contributed by atoms with Crippen molar-refractivity contribution in [3.8, 4) is 0 Å². The van der Waals surface area contributed by atoms with Crippen LogP contribution < -0.4 is 5.32 Å². The Labute approximate surface area is 186 Å². The molecule has 2 heterocycles. The van der Waals surface area contributed by atoms with Crippen LogP contribution in [0.1, 0.15) is 30.3 Å². The SMILES string of the molecule is CCc1nncn1CCNC(=NCCCOC)N1CCN(Cc2cccc(C)c2)CC1. The first kappa shape index (κ1) is 23.2. The van der Waals surface area contributed by atoms with E-state index in [2.05, 4.69) is 68.0 Å². The van der Waals surface area contributed by atoms with E-state index in [1.165, 1.54) is 11.1 Å². The Balaban J connectivity index is 1.52. The number of aliphatic imine (C=N–C) groups is 1. The van der Waals surface area contributed by atoms with Gasteiger partial charge in [-0.05, 0) is 18.9 Å². The van der Waals surface area contributed by atoms with E-state index in [0.717, 1.165) is 83.6 Å². The van der Waals surface area contributed by atoms with Crippen LogP contribution in [-0.2, 0) is 24.2 Å². The standard InChI is InChI=1S/C23H37N7O/c1-4-22-27-26-19-30(22)11-10-25-23(24-9-6-16-31-3)29-14-12-28(13-15-29)18-21-8-5-7-20(2)17-21/h5,7-8,17,19H,4,6,9-16,18H2,1-3H3,(H,24,25). The monoisotopic (exact) mass is 427 g/mol. The summed E-state index contributed by atoms with van der Waals surface area (Å²) in [5, 5.41) is 11.8. The van der Waals surface area contributed by atoms with Gasteiger partial charge in [-0.3, -0.25) is 9.89 Å². The molecule has 0 saturated carbocycles. The molecule has 0 aliphatic carbocycles. The van der Waals surface area contributed by atoms with Crippen molar-refractivity contribution in [3.63, 3.8) is 0 Å². The topological polar surface area (TPSA) is 70.8 Å². The molecule has 0 radical (unpaired) electrons. The first-order valence-corrected chi connectivity index (χ1v) is 11.4. The van der Waals surface area contributed by atoms with Gasteiger partial charge < -0.3 is 19.5 Å². The van der Waals surface area contributed by atoms with Crippen molar-refractivity contribution in [1.82, 2.24) is 29.9 Å². The molecule has 0 spiro atoms. The Morgan fingerprint density at radius 3 is 2.81 bits per heavy atom. The number of aromatic nitrogens is 3. The molecule has 3 rings (SSSR count). The largest absolute Gasteiger partial charge is 0.385 e. The summed E-state index contributed by atoms with van der Waals surface area (Å²) in [4.78, 5) is 9.77. The van der Waals surface area contributed by atoms with Crippen LogP contribution in [0.4, 0.5) is 0 Å². The summed E-state index contributed by atoms with van der Waals surface area (Å²) in [6.07, 6.45) is 3.63. The molecular formula is C23H37N7O. The predicted octanol–water partition coefficient (Wildman–Crippen LogP) is 1.95. The number of methoxy groups -OCH3 is 1. The number of rotatable bonds is 10. The van der Waals surface area contributed by atoms with Crippen LogP contribution in [0.25, 0.3) is 0 Å². The predicted molar refractivity (Wildman–Crippen MR) is 124 cm³/mol. The van der Waals surface area contributed by atoms with Crippen molar-refractivity contribution >= 4 is 5.96 Å². The Morgan fingerprint density at radius 2 is 2.06 bits per heavy atom. The number of hydrogen-bond donors (Lipinski definition) is 1. The van der Waals surface area contributed by atoms with E-state index in [-0.39, 0.29) is 0 Å². The summed E-state index contributed by atoms with van der Waals surface area (Å²) < 4.78 is 7.28. The van der Waals surface area contributed by atoms with Crippen molar-refractivity contribution in [2.75, 3.05) is 53.0 Å². The minimum absolute atomic E-state index is 0.738. The van der Waals surface area contributed by atoms with Crippen molar-refractivity contribution in [2.45, 2.75) is 39.8 Å². The minimum Gasteiger partial charge on any atom is -0.385 e. The molecule has 8 heteroatoms. The average molecular weight is 428 g/mol. The Hall–Kier alpha value is -2.45. The number of nitrogens with one attached hydrogen (secondary N) is 1. The Bertz CT molecular complexity index is 812. The molecule has 1 N–H and O–H groups in total. The first-order valence-electron chi connectivity index (χ1n) is 11.4. The summed E-state index contributed by atoms with van der Waals surface area (Å²) in [7, 11) is 1.74. The molecule has 1 aliphatic rings. The molecular weight excluding hydrogens is 390 g/mol. The second-order valence-corrected chi connectivity index (χ2v) is 8.02. The van der Waals surface area contributed by atoms with Gasteiger partial charge in [0.25, 0.3) is 0 Å². The number of benzene rings is 1. The highest BCUT2D eigenvalue weighted by molar-refractivity contribution is 5.80. The lowest BCUT2D eigenvalue weighted by molar-refractivity contribution is 0.172. The average Bonchev–Trinajstić information content (AvgIpc) is 3.24. The minimum atomic E-state index is 0.738. The third-order valence-electron chi connectivity index (χ3n) is 5.58. The normalized spacial score (nSPS) is 15.5. The fraction of sp³-hybridized carbons (Fsp3) is 0.609. The lowest BCUT2D eigenvalue weighted by atomic mass is 10.1. The van der Waals surface area contributed by atoms with Crippen LogP contribution in [0.3, 0.4) is 0 Å². The van der Waals surface area contributed by atoms with E-state index < -0.39 is 0 Å². The number of nitrogens with zero attached hydrogens (tertiary/aromatic N) is 6. The summed E-state index contributed by atoms with van der Waals surface area (Å²) in [6.45, 7) is 12.5. The first-order chi connectivity index (χ1) is 15.2. The second kappa shape index (κ2) is 12.4. The zero-order chi connectivity index (χ0) is 21.9. The van der Waals surface area contributed by atoms with Gasteiger partial charge in [0.15, 0.2) is 5.96 Å². The third-order valence-corrected chi connectivity index (χ3v) is 5.58. The molecule has 2 aromatic rings. The van der Waals surface area contributed by atoms with E-state index in [1.807, 2.05) is 0 Å². The van der Waals surface area contributed by atoms with Crippen LogP contribution >= 0.6 is 0 Å². The summed E-state index contributed by atoms with van der Waals surface area (Å²) >= 11 is 0. The maximum atomic E-state index is 5.18. The number of guanidine groups is 1. The zero-order valence-electron chi connectivity index (χ0n) is 19.3. The molecule has 0 unspecified atom stereocenters. The van der Waals surface area contributed by atoms with E-state index in [4.69, 9.17) is 9.73 Å². The van der Waals surface area contributed by atoms with Gasteiger partial charge in [0.1, 0.15) is 12.2 Å². The van der Waals surface area contributed by atoms with Gasteiger partial charge in [-0.25, -0.2) is 0 Å². The molecule has 0 atom stereocenters. The van der Waals surface area contributed by atoms with Crippen molar-refractivity contribution in [1.29, 1.82) is 0 Å². The highest BCUT2D eigenvalue weighted by Crippen LogP contribution is 2.10. The maximum Gasteiger partial charge on any atom is 0.194 e. The number of hydrogen-bond acceptors (Lipinski definition) is 5. The maximum absolute atomic E-state index is 5.18. The van der Waals surface area contributed by atoms with Crippen LogP contribution in [0.2, 0.25) is 0 Å². The fourth-order valence-corrected chi connectivity index (χ4v) is 3.88. The van der Waals surface area contributed by atoms with Gasteiger partial charge in [-0.1, -0.05) is 36.8 Å². The lowest BCUT2D eigenvalue weighted by Gasteiger charge is -2.36. The highest BCUT2D eigenvalue weighted by atomic mass is 16.5. The van der Waals surface area contributed by atoms with Gasteiger partial charge in [-0.15, -0.1) is 10.2 Å². The quantitative estimate of drug-likeness (QED) is 0.355. The highest BCUT2D eigenvalue weighted by Gasteiger charge is 2.20. The van der Waals surface area contributed by atoms with Crippen LogP contribution in [0, 0.1) is 6.92 Å². The summed E-state index contributed by atoms with van der Waals surface area (Å²) in [5.74, 6) is 2.02. The van der Waals surface area contributed by atoms with E-state index >= 15 is 0 Å². The molecule has 0 bridgehead atoms. The van der Waals surface area contributed by atoms with E-state index in [0.29, 0.717) is 0 Å². The molecule has 1 aromatic carbocycles. The van der Waals surface area contributed by atoms with Crippen molar-refractivity contribution < 1.29 is 4.74 Å². The lowest BCUT2D eigenvalue weighted by Crippen LogP contribution is -2.52. The molecule has 1 saturated heterocycles. The fourth-order valence-electron chi connectivity index (χ4n) is 3.88. The Morgan fingerprint density at radius 1 is 1.23 bits per heavy atom. The molecule has 1 aromatic heterocycles. The summed E-state index contributed by atoms with van der Waals surface area (Å²) in [5.41, 5.74) is 2.71. The second-order valence-electron chi connectivity index (χ2n) is 8.02. The van der Waals surface area contributed by atoms with Crippen molar-refractivity contribution in [3.05, 3.63) is 47.5 Å². The molecule has 8 nitrogen and oxygen atoms in total. The third kappa shape index (κ3) is 7.33. The number of ether oxygens (including phenoxy) is 1. The smallest absolute Gasteiger partial charge is 0.194 e. The number of aryl methyl sites for hydroxylation is 2. The van der Waals surface area contributed by atoms with Gasteiger partial charge in [-0.2, -0.15) is 0 Å². The molecule has 1 fully saturated rings. The van der Waals surface area contributed by atoms with Crippen LogP contribution in [-0.4, -0.2) is 83.5 Å². The van der Waals surface area contributed by atoms with Gasteiger partial charge >= 0.3 is 0 Å². The zero-order valence-corrected chi connectivity index (χ0v) is 19.3. The Kier molecular flexibility index (Phi) is 9.30. The van der Waals surface area contributed by atoms with Crippen molar-refractivity contribution in [2.24, 2.45) is 4.99 Å². The van der Waals surface area contributed by atoms with Gasteiger partial charge in [0.05, 0.1) is 0 Å². The summed E-state index contributed by atoms with van der Waals surface area (Å²) in [6, 6.07) is 8.81.